The molecular formula is C13H10N2OS. The third-order valence-electron chi connectivity index (χ3n) is 2.57. The van der Waals surface area contributed by atoms with E-state index in [0.717, 1.165) is 26.4 Å². The Morgan fingerprint density at radius 1 is 1.24 bits per heavy atom. The number of pyridine rings is 1. The number of phenols is 1. The van der Waals surface area contributed by atoms with Crippen LogP contribution in [0.5, 0.6) is 5.75 Å². The van der Waals surface area contributed by atoms with E-state index in [2.05, 4.69) is 9.97 Å². The Hall–Kier alpha value is -1.94. The van der Waals surface area contributed by atoms with Crippen molar-refractivity contribution < 1.29 is 5.11 Å². The van der Waals surface area contributed by atoms with Crippen molar-refractivity contribution in [1.82, 2.24) is 9.97 Å². The van der Waals surface area contributed by atoms with Crippen molar-refractivity contribution in [3.63, 3.8) is 0 Å². The number of nitrogens with zero attached hydrogens (tertiary/aromatic N) is 2. The van der Waals surface area contributed by atoms with Gasteiger partial charge >= 0.3 is 0 Å². The van der Waals surface area contributed by atoms with Crippen LogP contribution in [-0.4, -0.2) is 15.1 Å². The van der Waals surface area contributed by atoms with Gasteiger partial charge in [-0.05, 0) is 30.7 Å². The fourth-order valence-corrected chi connectivity index (χ4v) is 2.68. The van der Waals surface area contributed by atoms with Gasteiger partial charge in [0, 0.05) is 6.20 Å². The Labute approximate surface area is 102 Å². The summed E-state index contributed by atoms with van der Waals surface area (Å²) in [5.41, 5.74) is 2.68. The molecule has 0 bridgehead atoms. The summed E-state index contributed by atoms with van der Waals surface area (Å²) in [4.78, 5) is 8.51. The number of hydrogen-bond donors (Lipinski definition) is 1. The van der Waals surface area contributed by atoms with Crippen LogP contribution in [0, 0.1) is 6.92 Å². The van der Waals surface area contributed by atoms with E-state index in [4.69, 9.17) is 0 Å². The monoisotopic (exact) mass is 242 g/mol. The van der Waals surface area contributed by atoms with Gasteiger partial charge < -0.3 is 5.11 Å². The summed E-state index contributed by atoms with van der Waals surface area (Å²) in [5, 5.41) is 10.7. The molecule has 84 valence electrons. The van der Waals surface area contributed by atoms with Crippen LogP contribution in [0.1, 0.15) is 5.56 Å². The van der Waals surface area contributed by atoms with E-state index in [0.29, 0.717) is 0 Å². The van der Waals surface area contributed by atoms with Crippen LogP contribution in [0.25, 0.3) is 20.8 Å². The van der Waals surface area contributed by atoms with Crippen molar-refractivity contribution >= 4 is 21.6 Å². The fraction of sp³-hybridized carbons (Fsp3) is 0.0769. The van der Waals surface area contributed by atoms with Crippen molar-refractivity contribution in [2.75, 3.05) is 0 Å². The van der Waals surface area contributed by atoms with Crippen LogP contribution in [-0.2, 0) is 0 Å². The van der Waals surface area contributed by atoms with E-state index < -0.39 is 0 Å². The highest BCUT2D eigenvalue weighted by molar-refractivity contribution is 7.21. The van der Waals surface area contributed by atoms with Crippen molar-refractivity contribution in [3.8, 4) is 16.3 Å². The molecule has 2 heterocycles. The van der Waals surface area contributed by atoms with Gasteiger partial charge in [0.05, 0.1) is 16.5 Å². The van der Waals surface area contributed by atoms with Crippen LogP contribution >= 0.6 is 11.3 Å². The second kappa shape index (κ2) is 3.82. The minimum Gasteiger partial charge on any atom is -0.507 e. The molecule has 0 radical (unpaired) electrons. The molecule has 0 saturated heterocycles. The first-order chi connectivity index (χ1) is 8.24. The highest BCUT2D eigenvalue weighted by Gasteiger charge is 2.09. The van der Waals surface area contributed by atoms with E-state index in [-0.39, 0.29) is 5.75 Å². The third-order valence-corrected chi connectivity index (χ3v) is 3.64. The van der Waals surface area contributed by atoms with E-state index in [1.54, 1.807) is 29.8 Å². The van der Waals surface area contributed by atoms with Crippen LogP contribution in [0.4, 0.5) is 0 Å². The standard InChI is InChI=1S/C13H10N2OS/c1-8-2-3-9(11(16)6-8)13-15-10-7-14-5-4-12(10)17-13/h2-7,16H,1H3. The lowest BCUT2D eigenvalue weighted by Crippen LogP contribution is -1.79. The number of benzene rings is 1. The number of fused-ring (bicyclic) bond motifs is 1. The summed E-state index contributed by atoms with van der Waals surface area (Å²) in [7, 11) is 0. The predicted octanol–water partition coefficient (Wildman–Crippen LogP) is 3.37. The first-order valence-electron chi connectivity index (χ1n) is 5.24. The third kappa shape index (κ3) is 1.76. The number of aromatic nitrogens is 2. The van der Waals surface area contributed by atoms with Crippen LogP contribution in [0.15, 0.2) is 36.7 Å². The maximum absolute atomic E-state index is 9.92. The minimum atomic E-state index is 0.275. The zero-order valence-corrected chi connectivity index (χ0v) is 10.0. The number of aromatic hydroxyl groups is 1. The highest BCUT2D eigenvalue weighted by Crippen LogP contribution is 2.35. The van der Waals surface area contributed by atoms with Gasteiger partial charge in [-0.1, -0.05) is 6.07 Å². The predicted molar refractivity (Wildman–Crippen MR) is 69.3 cm³/mol. The molecule has 0 amide bonds. The molecule has 4 heteroatoms. The molecule has 0 aliphatic rings. The largest absolute Gasteiger partial charge is 0.507 e. The number of aryl methyl sites for hydroxylation is 1. The average Bonchev–Trinajstić information content (AvgIpc) is 2.72. The normalized spacial score (nSPS) is 10.9. The van der Waals surface area contributed by atoms with Crippen LogP contribution in [0.3, 0.4) is 0 Å². The van der Waals surface area contributed by atoms with Crippen LogP contribution in [0.2, 0.25) is 0 Å². The topological polar surface area (TPSA) is 46.0 Å². The summed E-state index contributed by atoms with van der Waals surface area (Å²) >= 11 is 1.56. The molecule has 1 N–H and O–H groups in total. The van der Waals surface area contributed by atoms with Gasteiger partial charge in [0.15, 0.2) is 0 Å². The smallest absolute Gasteiger partial charge is 0.128 e. The van der Waals surface area contributed by atoms with E-state index in [9.17, 15) is 5.11 Å². The SMILES string of the molecule is Cc1ccc(-c2nc3cnccc3s2)c(O)c1. The summed E-state index contributed by atoms with van der Waals surface area (Å²) < 4.78 is 1.08. The van der Waals surface area contributed by atoms with E-state index in [1.165, 1.54) is 0 Å². The first kappa shape index (κ1) is 10.2. The molecule has 0 unspecified atom stereocenters. The van der Waals surface area contributed by atoms with Gasteiger partial charge in [0.1, 0.15) is 16.3 Å². The molecular weight excluding hydrogens is 232 g/mol. The molecule has 3 rings (SSSR count). The van der Waals surface area contributed by atoms with Gasteiger partial charge in [-0.15, -0.1) is 11.3 Å². The highest BCUT2D eigenvalue weighted by atomic mass is 32.1. The fourth-order valence-electron chi connectivity index (χ4n) is 1.72. The quantitative estimate of drug-likeness (QED) is 0.711. The van der Waals surface area contributed by atoms with E-state index in [1.807, 2.05) is 25.1 Å². The van der Waals surface area contributed by atoms with Gasteiger partial charge in [-0.25, -0.2) is 4.98 Å². The maximum atomic E-state index is 9.92. The summed E-state index contributed by atoms with van der Waals surface area (Å²) in [6.07, 6.45) is 3.49. The molecule has 0 spiro atoms. The molecule has 3 nitrogen and oxygen atoms in total. The zero-order chi connectivity index (χ0) is 11.8. The van der Waals surface area contributed by atoms with Gasteiger partial charge in [0.25, 0.3) is 0 Å². The second-order valence-corrected chi connectivity index (χ2v) is 4.91. The molecule has 1 aromatic carbocycles. The van der Waals surface area contributed by atoms with E-state index >= 15 is 0 Å². The van der Waals surface area contributed by atoms with Crippen molar-refractivity contribution in [2.45, 2.75) is 6.92 Å². The second-order valence-electron chi connectivity index (χ2n) is 3.88. The first-order valence-corrected chi connectivity index (χ1v) is 6.06. The van der Waals surface area contributed by atoms with Crippen molar-refractivity contribution in [3.05, 3.63) is 42.2 Å². The minimum absolute atomic E-state index is 0.275. The van der Waals surface area contributed by atoms with Gasteiger partial charge in [-0.3, -0.25) is 4.98 Å². The zero-order valence-electron chi connectivity index (χ0n) is 9.21. The Balaban J connectivity index is 2.20. The molecule has 0 aliphatic heterocycles. The maximum Gasteiger partial charge on any atom is 0.128 e. The molecule has 17 heavy (non-hydrogen) atoms. The summed E-state index contributed by atoms with van der Waals surface area (Å²) in [5.74, 6) is 0.275. The summed E-state index contributed by atoms with van der Waals surface area (Å²) in [6.45, 7) is 1.95. The molecule has 0 atom stereocenters. The Bertz CT molecular complexity index is 658. The van der Waals surface area contributed by atoms with Gasteiger partial charge in [-0.2, -0.15) is 0 Å². The van der Waals surface area contributed by atoms with Crippen LogP contribution < -0.4 is 0 Å². The number of phenolic OH excluding ortho intramolecular Hbond substituents is 1. The summed E-state index contributed by atoms with van der Waals surface area (Å²) in [6, 6.07) is 7.55. The Kier molecular flexibility index (Phi) is 2.30. The van der Waals surface area contributed by atoms with Gasteiger partial charge in [0.2, 0.25) is 0 Å². The molecule has 0 saturated carbocycles. The average molecular weight is 242 g/mol. The van der Waals surface area contributed by atoms with Crippen molar-refractivity contribution in [2.24, 2.45) is 0 Å². The molecule has 0 fully saturated rings. The molecule has 0 aliphatic carbocycles. The lowest BCUT2D eigenvalue weighted by atomic mass is 10.1. The van der Waals surface area contributed by atoms with Crippen molar-refractivity contribution in [1.29, 1.82) is 0 Å². The Morgan fingerprint density at radius 3 is 2.88 bits per heavy atom. The number of thiazole rings is 1. The lowest BCUT2D eigenvalue weighted by Gasteiger charge is -2.01. The number of rotatable bonds is 1. The lowest BCUT2D eigenvalue weighted by molar-refractivity contribution is 0.477. The Morgan fingerprint density at radius 2 is 2.12 bits per heavy atom. The number of hydrogen-bond acceptors (Lipinski definition) is 4. The molecule has 2 aromatic heterocycles. The molecule has 3 aromatic rings.